The smallest absolute Gasteiger partial charge is 0.243 e. The van der Waals surface area contributed by atoms with E-state index >= 15 is 0 Å². The second-order valence-corrected chi connectivity index (χ2v) is 1.69. The molecule has 3 heteroatoms. The van der Waals surface area contributed by atoms with Crippen LogP contribution in [-0.4, -0.2) is 18.1 Å². The third-order valence-corrected chi connectivity index (χ3v) is 1.12. The Bertz CT molecular complexity index is 52.4. The highest BCUT2D eigenvalue weighted by atomic mass is 19.3. The summed E-state index contributed by atoms with van der Waals surface area (Å²) in [6.45, 7) is 1.22. The number of alkyl halides is 2. The van der Waals surface area contributed by atoms with Gasteiger partial charge in [-0.3, -0.25) is 0 Å². The summed E-state index contributed by atoms with van der Waals surface area (Å²) < 4.78 is 23.1. The van der Waals surface area contributed by atoms with Crippen molar-refractivity contribution in [2.45, 2.75) is 19.8 Å². The van der Waals surface area contributed by atoms with Gasteiger partial charge >= 0.3 is 0 Å². The van der Waals surface area contributed by atoms with Crippen LogP contribution in [0.3, 0.4) is 0 Å². The molecule has 50 valence electrons. The molecule has 8 heavy (non-hydrogen) atoms. The fourth-order valence-corrected chi connectivity index (χ4v) is 0.387. The molecule has 0 aromatic heterocycles. The van der Waals surface area contributed by atoms with Gasteiger partial charge in [0.05, 0.1) is 6.61 Å². The molecule has 0 spiro atoms. The normalized spacial score (nSPS) is 14.6. The summed E-state index contributed by atoms with van der Waals surface area (Å²) in [5.74, 6) is -0.824. The van der Waals surface area contributed by atoms with Crippen molar-refractivity contribution in [2.24, 2.45) is 5.92 Å². The topological polar surface area (TPSA) is 20.2 Å². The standard InChI is InChI=1S/C5H10F2O/c1-2-4(3-8)5(6)7/h4-5,8H,2-3H2,1H3/t4-/m0/s1. The molecule has 0 heterocycles. The van der Waals surface area contributed by atoms with Gasteiger partial charge in [-0.1, -0.05) is 6.92 Å². The number of halogens is 2. The Morgan fingerprint density at radius 2 is 2.00 bits per heavy atom. The van der Waals surface area contributed by atoms with Crippen molar-refractivity contribution in [3.05, 3.63) is 0 Å². The van der Waals surface area contributed by atoms with Crippen molar-refractivity contribution < 1.29 is 13.9 Å². The van der Waals surface area contributed by atoms with Gasteiger partial charge in [-0.15, -0.1) is 0 Å². The molecule has 0 radical (unpaired) electrons. The predicted octanol–water partition coefficient (Wildman–Crippen LogP) is 1.27. The molecule has 0 unspecified atom stereocenters. The summed E-state index contributed by atoms with van der Waals surface area (Å²) in [5, 5.41) is 8.22. The molecule has 1 atom stereocenters. The minimum Gasteiger partial charge on any atom is -0.396 e. The van der Waals surface area contributed by atoms with Crippen molar-refractivity contribution in [2.75, 3.05) is 6.61 Å². The van der Waals surface area contributed by atoms with Gasteiger partial charge in [0, 0.05) is 5.92 Å². The lowest BCUT2D eigenvalue weighted by Crippen LogP contribution is -2.13. The molecule has 0 aliphatic carbocycles. The Balaban J connectivity index is 3.35. The van der Waals surface area contributed by atoms with Crippen LogP contribution in [0.2, 0.25) is 0 Å². The summed E-state index contributed by atoms with van der Waals surface area (Å²) in [6, 6.07) is 0. The van der Waals surface area contributed by atoms with Gasteiger partial charge in [0.1, 0.15) is 0 Å². The molecular weight excluding hydrogens is 114 g/mol. The fourth-order valence-electron chi connectivity index (χ4n) is 0.387. The van der Waals surface area contributed by atoms with Gasteiger partial charge in [0.25, 0.3) is 0 Å². The Hall–Kier alpha value is -0.180. The van der Waals surface area contributed by atoms with Gasteiger partial charge in [-0.2, -0.15) is 0 Å². The van der Waals surface area contributed by atoms with Gasteiger partial charge in [-0.25, -0.2) is 8.78 Å². The van der Waals surface area contributed by atoms with Crippen molar-refractivity contribution in [3.8, 4) is 0 Å². The monoisotopic (exact) mass is 124 g/mol. The highest BCUT2D eigenvalue weighted by molar-refractivity contribution is 4.55. The van der Waals surface area contributed by atoms with E-state index in [1.165, 1.54) is 0 Å². The van der Waals surface area contributed by atoms with Crippen molar-refractivity contribution >= 4 is 0 Å². The minimum atomic E-state index is -2.37. The van der Waals surface area contributed by atoms with E-state index in [0.717, 1.165) is 0 Å². The molecule has 0 amide bonds. The molecule has 0 saturated carbocycles. The summed E-state index contributed by atoms with van der Waals surface area (Å²) in [5.41, 5.74) is 0. The zero-order valence-electron chi connectivity index (χ0n) is 4.77. The van der Waals surface area contributed by atoms with Crippen LogP contribution in [0, 0.1) is 5.92 Å². The largest absolute Gasteiger partial charge is 0.396 e. The third kappa shape index (κ3) is 2.21. The predicted molar refractivity (Wildman–Crippen MR) is 26.9 cm³/mol. The zero-order valence-corrected chi connectivity index (χ0v) is 4.77. The summed E-state index contributed by atoms with van der Waals surface area (Å²) in [6.07, 6.45) is -2.03. The minimum absolute atomic E-state index is 0.341. The molecule has 0 fully saturated rings. The molecule has 0 saturated heterocycles. The Morgan fingerprint density at radius 1 is 1.50 bits per heavy atom. The third-order valence-electron chi connectivity index (χ3n) is 1.12. The number of hydrogen-bond acceptors (Lipinski definition) is 1. The number of hydrogen-bond donors (Lipinski definition) is 1. The Kier molecular flexibility index (Phi) is 3.69. The zero-order chi connectivity index (χ0) is 6.57. The molecule has 1 nitrogen and oxygen atoms in total. The Morgan fingerprint density at radius 3 is 2.00 bits per heavy atom. The van der Waals surface area contributed by atoms with Crippen LogP contribution in [0.5, 0.6) is 0 Å². The molecule has 0 aromatic carbocycles. The van der Waals surface area contributed by atoms with Gasteiger partial charge in [0.15, 0.2) is 0 Å². The van der Waals surface area contributed by atoms with Crippen LogP contribution in [0.1, 0.15) is 13.3 Å². The van der Waals surface area contributed by atoms with Crippen LogP contribution in [0.4, 0.5) is 8.78 Å². The first-order valence-corrected chi connectivity index (χ1v) is 2.61. The van der Waals surface area contributed by atoms with Crippen LogP contribution in [0.25, 0.3) is 0 Å². The quantitative estimate of drug-likeness (QED) is 0.600. The lowest BCUT2D eigenvalue weighted by atomic mass is 10.1. The average molecular weight is 124 g/mol. The number of aliphatic hydroxyl groups excluding tert-OH is 1. The summed E-state index contributed by atoms with van der Waals surface area (Å²) in [7, 11) is 0. The molecular formula is C5H10F2O. The van der Waals surface area contributed by atoms with E-state index in [0.29, 0.717) is 6.42 Å². The van der Waals surface area contributed by atoms with E-state index < -0.39 is 19.0 Å². The number of aliphatic hydroxyl groups is 1. The number of rotatable bonds is 3. The fraction of sp³-hybridized carbons (Fsp3) is 1.00. The first kappa shape index (κ1) is 7.82. The van der Waals surface area contributed by atoms with Crippen molar-refractivity contribution in [3.63, 3.8) is 0 Å². The molecule has 1 N–H and O–H groups in total. The van der Waals surface area contributed by atoms with E-state index in [1.54, 1.807) is 6.92 Å². The second-order valence-electron chi connectivity index (χ2n) is 1.69. The van der Waals surface area contributed by atoms with Crippen molar-refractivity contribution in [1.82, 2.24) is 0 Å². The van der Waals surface area contributed by atoms with Crippen LogP contribution in [0.15, 0.2) is 0 Å². The average Bonchev–Trinajstić information content (AvgIpc) is 1.69. The van der Waals surface area contributed by atoms with Gasteiger partial charge < -0.3 is 5.11 Å². The Labute approximate surface area is 47.3 Å². The second kappa shape index (κ2) is 3.78. The molecule has 0 aliphatic heterocycles. The maximum absolute atomic E-state index is 11.5. The van der Waals surface area contributed by atoms with E-state index in [-0.39, 0.29) is 0 Å². The maximum Gasteiger partial charge on any atom is 0.243 e. The maximum atomic E-state index is 11.5. The SMILES string of the molecule is CC[C@@H](CO)C(F)F. The molecule has 0 bridgehead atoms. The van der Waals surface area contributed by atoms with Crippen LogP contribution >= 0.6 is 0 Å². The summed E-state index contributed by atoms with van der Waals surface area (Å²) in [4.78, 5) is 0. The highest BCUT2D eigenvalue weighted by Gasteiger charge is 2.15. The highest BCUT2D eigenvalue weighted by Crippen LogP contribution is 2.11. The molecule has 0 rings (SSSR count). The van der Waals surface area contributed by atoms with Gasteiger partial charge in [-0.05, 0) is 6.42 Å². The van der Waals surface area contributed by atoms with E-state index in [2.05, 4.69) is 0 Å². The van der Waals surface area contributed by atoms with Gasteiger partial charge in [0.2, 0.25) is 6.43 Å². The molecule has 0 aliphatic rings. The first-order valence-electron chi connectivity index (χ1n) is 2.61. The lowest BCUT2D eigenvalue weighted by Gasteiger charge is -2.07. The lowest BCUT2D eigenvalue weighted by molar-refractivity contribution is 0.0397. The van der Waals surface area contributed by atoms with E-state index in [4.69, 9.17) is 5.11 Å². The summed E-state index contributed by atoms with van der Waals surface area (Å²) >= 11 is 0. The van der Waals surface area contributed by atoms with Crippen LogP contribution in [-0.2, 0) is 0 Å². The van der Waals surface area contributed by atoms with Crippen molar-refractivity contribution in [1.29, 1.82) is 0 Å². The van der Waals surface area contributed by atoms with E-state index in [9.17, 15) is 8.78 Å². The first-order chi connectivity index (χ1) is 3.72. The van der Waals surface area contributed by atoms with E-state index in [1.807, 2.05) is 0 Å². The van der Waals surface area contributed by atoms with Crippen LogP contribution < -0.4 is 0 Å². The molecule has 0 aromatic rings.